The molecule has 0 heterocycles. The van der Waals surface area contributed by atoms with Crippen LogP contribution in [-0.2, 0) is 0 Å². The lowest BCUT2D eigenvalue weighted by molar-refractivity contribution is 0.568. The summed E-state index contributed by atoms with van der Waals surface area (Å²) in [7, 11) is 0. The molecule has 2 rings (SSSR count). The molecule has 2 aromatic carbocycles. The molecule has 19 heavy (non-hydrogen) atoms. The number of aryl methyl sites for hydroxylation is 1. The van der Waals surface area contributed by atoms with Crippen LogP contribution in [0.3, 0.4) is 0 Å². The minimum Gasteiger partial charge on any atom is -0.207 e. The molecule has 0 saturated heterocycles. The Kier molecular flexibility index (Phi) is 4.34. The zero-order valence-corrected chi connectivity index (χ0v) is 12.1. The molecule has 0 aromatic heterocycles. The summed E-state index contributed by atoms with van der Waals surface area (Å²) < 4.78 is 27.0. The summed E-state index contributed by atoms with van der Waals surface area (Å²) >= 11 is 18.2. The second-order valence-corrected chi connectivity index (χ2v) is 5.35. The van der Waals surface area contributed by atoms with Crippen LogP contribution in [0.1, 0.15) is 22.1 Å². The van der Waals surface area contributed by atoms with Crippen LogP contribution in [0.2, 0.25) is 10.0 Å². The van der Waals surface area contributed by atoms with Crippen LogP contribution >= 0.6 is 34.8 Å². The smallest absolute Gasteiger partial charge is 0.131 e. The van der Waals surface area contributed by atoms with Crippen LogP contribution in [0.4, 0.5) is 8.78 Å². The van der Waals surface area contributed by atoms with E-state index in [9.17, 15) is 8.78 Å². The molecule has 0 bridgehead atoms. The first-order chi connectivity index (χ1) is 8.91. The molecule has 0 radical (unpaired) electrons. The second kappa shape index (κ2) is 5.66. The fourth-order valence-corrected chi connectivity index (χ4v) is 2.58. The van der Waals surface area contributed by atoms with Gasteiger partial charge in [0.25, 0.3) is 0 Å². The Morgan fingerprint density at radius 2 is 1.68 bits per heavy atom. The third-order valence-corrected chi connectivity index (χ3v) is 4.11. The van der Waals surface area contributed by atoms with E-state index in [0.717, 1.165) is 6.07 Å². The van der Waals surface area contributed by atoms with Crippen molar-refractivity contribution in [3.63, 3.8) is 0 Å². The standard InChI is InChI=1S/C14H9Cl3F2/c1-7-5-9(12(19)6-11(7)18)13(16)8-3-2-4-10(15)14(8)17/h2-6,13H,1H3. The SMILES string of the molecule is Cc1cc(C(Cl)c2cccc(Cl)c2Cl)c(F)cc1F. The van der Waals surface area contributed by atoms with Gasteiger partial charge in [0, 0.05) is 11.6 Å². The zero-order chi connectivity index (χ0) is 14.2. The number of alkyl halides is 1. The summed E-state index contributed by atoms with van der Waals surface area (Å²) in [6.45, 7) is 1.54. The Morgan fingerprint density at radius 1 is 1.00 bits per heavy atom. The van der Waals surface area contributed by atoms with E-state index < -0.39 is 17.0 Å². The van der Waals surface area contributed by atoms with Gasteiger partial charge in [-0.2, -0.15) is 0 Å². The van der Waals surface area contributed by atoms with Crippen molar-refractivity contribution in [1.29, 1.82) is 0 Å². The van der Waals surface area contributed by atoms with Crippen molar-refractivity contribution in [3.8, 4) is 0 Å². The fraction of sp³-hybridized carbons (Fsp3) is 0.143. The lowest BCUT2D eigenvalue weighted by atomic mass is 10.0. The molecule has 100 valence electrons. The van der Waals surface area contributed by atoms with Crippen molar-refractivity contribution in [3.05, 3.63) is 68.7 Å². The van der Waals surface area contributed by atoms with Crippen molar-refractivity contribution in [1.82, 2.24) is 0 Å². The molecular weight excluding hydrogens is 313 g/mol. The zero-order valence-electron chi connectivity index (χ0n) is 9.85. The predicted molar refractivity (Wildman–Crippen MR) is 75.3 cm³/mol. The van der Waals surface area contributed by atoms with Gasteiger partial charge in [-0.05, 0) is 30.2 Å². The van der Waals surface area contributed by atoms with Gasteiger partial charge in [0.15, 0.2) is 0 Å². The molecule has 0 N–H and O–H groups in total. The van der Waals surface area contributed by atoms with Gasteiger partial charge in [-0.3, -0.25) is 0 Å². The Balaban J connectivity index is 2.53. The highest BCUT2D eigenvalue weighted by molar-refractivity contribution is 6.43. The average Bonchev–Trinajstić information content (AvgIpc) is 2.36. The molecule has 1 unspecified atom stereocenters. The van der Waals surface area contributed by atoms with Gasteiger partial charge in [0.2, 0.25) is 0 Å². The summed E-state index contributed by atoms with van der Waals surface area (Å²) in [6.07, 6.45) is 0. The lowest BCUT2D eigenvalue weighted by Gasteiger charge is -2.14. The van der Waals surface area contributed by atoms with E-state index in [4.69, 9.17) is 34.8 Å². The molecule has 0 aliphatic carbocycles. The molecule has 5 heteroatoms. The van der Waals surface area contributed by atoms with Crippen molar-refractivity contribution in [2.24, 2.45) is 0 Å². The number of rotatable bonds is 2. The van der Waals surface area contributed by atoms with E-state index in [1.807, 2.05) is 0 Å². The molecule has 0 aliphatic rings. The summed E-state index contributed by atoms with van der Waals surface area (Å²) in [5.41, 5.74) is 0.977. The molecule has 0 spiro atoms. The minimum atomic E-state index is -0.828. The average molecular weight is 322 g/mol. The van der Waals surface area contributed by atoms with E-state index in [1.54, 1.807) is 25.1 Å². The molecule has 2 aromatic rings. The van der Waals surface area contributed by atoms with Gasteiger partial charge >= 0.3 is 0 Å². The van der Waals surface area contributed by atoms with Crippen LogP contribution in [-0.4, -0.2) is 0 Å². The van der Waals surface area contributed by atoms with Crippen LogP contribution in [0.15, 0.2) is 30.3 Å². The quantitative estimate of drug-likeness (QED) is 0.603. The molecule has 0 fully saturated rings. The molecule has 1 atom stereocenters. The Bertz CT molecular complexity index is 626. The van der Waals surface area contributed by atoms with Crippen LogP contribution in [0, 0.1) is 18.6 Å². The summed E-state index contributed by atoms with van der Waals surface area (Å²) in [5, 5.41) is -0.222. The Morgan fingerprint density at radius 3 is 2.37 bits per heavy atom. The van der Waals surface area contributed by atoms with Crippen LogP contribution in [0.25, 0.3) is 0 Å². The topological polar surface area (TPSA) is 0 Å². The van der Waals surface area contributed by atoms with Crippen molar-refractivity contribution in [2.75, 3.05) is 0 Å². The highest BCUT2D eigenvalue weighted by Gasteiger charge is 2.20. The lowest BCUT2D eigenvalue weighted by Crippen LogP contribution is -2.00. The van der Waals surface area contributed by atoms with Crippen LogP contribution < -0.4 is 0 Å². The van der Waals surface area contributed by atoms with Gasteiger partial charge in [0.1, 0.15) is 11.6 Å². The van der Waals surface area contributed by atoms with E-state index in [-0.39, 0.29) is 10.6 Å². The first-order valence-corrected chi connectivity index (χ1v) is 6.64. The van der Waals surface area contributed by atoms with E-state index >= 15 is 0 Å². The minimum absolute atomic E-state index is 0.171. The summed E-state index contributed by atoms with van der Waals surface area (Å²) in [6, 6.07) is 7.14. The van der Waals surface area contributed by atoms with E-state index in [1.165, 1.54) is 6.07 Å². The number of benzene rings is 2. The van der Waals surface area contributed by atoms with Gasteiger partial charge < -0.3 is 0 Å². The second-order valence-electron chi connectivity index (χ2n) is 4.13. The van der Waals surface area contributed by atoms with Gasteiger partial charge in [0.05, 0.1) is 15.4 Å². The van der Waals surface area contributed by atoms with Crippen molar-refractivity contribution in [2.45, 2.75) is 12.3 Å². The molecule has 0 amide bonds. The van der Waals surface area contributed by atoms with Gasteiger partial charge in [-0.1, -0.05) is 35.3 Å². The van der Waals surface area contributed by atoms with Gasteiger partial charge in [-0.25, -0.2) is 8.78 Å². The highest BCUT2D eigenvalue weighted by Crippen LogP contribution is 2.38. The maximum Gasteiger partial charge on any atom is 0.131 e. The molecule has 0 aliphatic heterocycles. The fourth-order valence-electron chi connectivity index (χ4n) is 1.76. The first-order valence-electron chi connectivity index (χ1n) is 5.45. The van der Waals surface area contributed by atoms with E-state index in [0.29, 0.717) is 16.1 Å². The third kappa shape index (κ3) is 2.86. The highest BCUT2D eigenvalue weighted by atomic mass is 35.5. The summed E-state index contributed by atoms with van der Waals surface area (Å²) in [5.74, 6) is -1.32. The normalized spacial score (nSPS) is 12.5. The third-order valence-electron chi connectivity index (χ3n) is 2.81. The van der Waals surface area contributed by atoms with Crippen LogP contribution in [0.5, 0.6) is 0 Å². The monoisotopic (exact) mass is 320 g/mol. The largest absolute Gasteiger partial charge is 0.207 e. The maximum atomic E-state index is 13.8. The Labute approximate surface area is 124 Å². The first kappa shape index (κ1) is 14.6. The van der Waals surface area contributed by atoms with E-state index in [2.05, 4.69) is 0 Å². The number of halogens is 5. The number of hydrogen-bond acceptors (Lipinski definition) is 0. The van der Waals surface area contributed by atoms with Crippen molar-refractivity contribution >= 4 is 34.8 Å². The summed E-state index contributed by atoms with van der Waals surface area (Å²) in [4.78, 5) is 0. The molecule has 0 saturated carbocycles. The predicted octanol–water partition coefficient (Wildman–Crippen LogP) is 5.91. The molecular formula is C14H9Cl3F2. The Hall–Kier alpha value is -0.830. The maximum absolute atomic E-state index is 13.8. The van der Waals surface area contributed by atoms with Crippen molar-refractivity contribution < 1.29 is 8.78 Å². The van der Waals surface area contributed by atoms with Gasteiger partial charge in [-0.15, -0.1) is 11.6 Å². The number of hydrogen-bond donors (Lipinski definition) is 0. The molecule has 0 nitrogen and oxygen atoms in total.